The molecule has 18 heavy (non-hydrogen) atoms. The zero-order valence-electron chi connectivity index (χ0n) is 10.1. The van der Waals surface area contributed by atoms with Crippen molar-refractivity contribution in [1.29, 1.82) is 5.26 Å². The van der Waals surface area contributed by atoms with Crippen LogP contribution in [-0.4, -0.2) is 19.0 Å². The Labute approximate surface area is 115 Å². The second kappa shape index (κ2) is 4.62. The molecule has 0 aromatic heterocycles. The summed E-state index contributed by atoms with van der Waals surface area (Å²) in [6.07, 6.45) is 0.722. The average Bonchev–Trinajstić information content (AvgIpc) is 2.73. The Hall–Kier alpha value is -1.54. The maximum Gasteiger partial charge on any atom is 0.225 e. The molecule has 1 aliphatic rings. The molecular formula is C13H14BrN3O. The van der Waals surface area contributed by atoms with E-state index in [1.54, 1.807) is 0 Å². The highest BCUT2D eigenvalue weighted by molar-refractivity contribution is 9.10. The first kappa shape index (κ1) is 12.9. The molecule has 2 rings (SSSR count). The number of primary amides is 1. The molecule has 0 spiro atoms. The molecule has 0 radical (unpaired) electrons. The second-order valence-electron chi connectivity index (χ2n) is 4.84. The molecule has 1 aromatic carbocycles. The van der Waals surface area contributed by atoms with Crippen molar-refractivity contribution in [3.05, 3.63) is 28.2 Å². The predicted molar refractivity (Wildman–Crippen MR) is 73.0 cm³/mol. The minimum atomic E-state index is -0.505. The molecule has 4 nitrogen and oxygen atoms in total. The Morgan fingerprint density at radius 3 is 2.89 bits per heavy atom. The van der Waals surface area contributed by atoms with Crippen LogP contribution in [0.25, 0.3) is 0 Å². The van der Waals surface area contributed by atoms with E-state index in [0.717, 1.165) is 23.1 Å². The quantitative estimate of drug-likeness (QED) is 0.908. The summed E-state index contributed by atoms with van der Waals surface area (Å²) in [7, 11) is 0. The monoisotopic (exact) mass is 307 g/mol. The van der Waals surface area contributed by atoms with E-state index in [2.05, 4.69) is 22.0 Å². The van der Waals surface area contributed by atoms with Gasteiger partial charge in [0.15, 0.2) is 0 Å². The number of benzene rings is 1. The van der Waals surface area contributed by atoms with Gasteiger partial charge in [-0.25, -0.2) is 0 Å². The van der Waals surface area contributed by atoms with Crippen molar-refractivity contribution < 1.29 is 4.79 Å². The van der Waals surface area contributed by atoms with Crippen LogP contribution >= 0.6 is 15.9 Å². The molecule has 1 aliphatic heterocycles. The van der Waals surface area contributed by atoms with Crippen LogP contribution in [0.3, 0.4) is 0 Å². The Morgan fingerprint density at radius 2 is 2.33 bits per heavy atom. The summed E-state index contributed by atoms with van der Waals surface area (Å²) >= 11 is 3.37. The van der Waals surface area contributed by atoms with Gasteiger partial charge in [-0.1, -0.05) is 6.07 Å². The largest absolute Gasteiger partial charge is 0.369 e. The first-order valence-corrected chi connectivity index (χ1v) is 6.51. The van der Waals surface area contributed by atoms with Gasteiger partial charge in [0.25, 0.3) is 0 Å². The van der Waals surface area contributed by atoms with Gasteiger partial charge < -0.3 is 10.6 Å². The Kier molecular flexibility index (Phi) is 3.31. The number of nitrogens with two attached hydrogens (primary N) is 1. The van der Waals surface area contributed by atoms with Gasteiger partial charge in [0, 0.05) is 17.6 Å². The van der Waals surface area contributed by atoms with Crippen LogP contribution < -0.4 is 10.6 Å². The molecule has 1 unspecified atom stereocenters. The summed E-state index contributed by atoms with van der Waals surface area (Å²) in [5.41, 5.74) is 6.39. The number of carbonyl (C=O) groups excluding carboxylic acids is 1. The summed E-state index contributed by atoms with van der Waals surface area (Å²) in [4.78, 5) is 13.5. The van der Waals surface area contributed by atoms with Gasteiger partial charge in [0.2, 0.25) is 5.91 Å². The van der Waals surface area contributed by atoms with E-state index in [-0.39, 0.29) is 5.91 Å². The van der Waals surface area contributed by atoms with E-state index in [1.165, 1.54) is 0 Å². The minimum Gasteiger partial charge on any atom is -0.369 e. The third-order valence-electron chi connectivity index (χ3n) is 3.51. The van der Waals surface area contributed by atoms with Gasteiger partial charge in [-0.3, -0.25) is 4.79 Å². The average molecular weight is 308 g/mol. The second-order valence-corrected chi connectivity index (χ2v) is 5.70. The topological polar surface area (TPSA) is 70.1 Å². The van der Waals surface area contributed by atoms with E-state index >= 15 is 0 Å². The molecule has 0 aliphatic carbocycles. The summed E-state index contributed by atoms with van der Waals surface area (Å²) in [6, 6.07) is 7.82. The van der Waals surface area contributed by atoms with Gasteiger partial charge in [-0.15, -0.1) is 0 Å². The molecule has 0 bridgehead atoms. The lowest BCUT2D eigenvalue weighted by molar-refractivity contribution is -0.125. The van der Waals surface area contributed by atoms with Gasteiger partial charge >= 0.3 is 0 Å². The Bertz CT molecular complexity index is 538. The molecular weight excluding hydrogens is 294 g/mol. The molecule has 1 atom stereocenters. The van der Waals surface area contributed by atoms with Crippen LogP contribution in [0.1, 0.15) is 18.9 Å². The van der Waals surface area contributed by atoms with E-state index in [9.17, 15) is 10.1 Å². The predicted octanol–water partition coefficient (Wildman–Crippen LogP) is 2.02. The van der Waals surface area contributed by atoms with Crippen molar-refractivity contribution in [3.8, 4) is 6.07 Å². The number of nitrogens with zero attached hydrogens (tertiary/aromatic N) is 2. The molecule has 94 valence electrons. The molecule has 1 fully saturated rings. The van der Waals surface area contributed by atoms with Crippen LogP contribution in [0.4, 0.5) is 5.69 Å². The number of carbonyl (C=O) groups is 1. The van der Waals surface area contributed by atoms with Crippen molar-refractivity contribution in [2.24, 2.45) is 11.1 Å². The summed E-state index contributed by atoms with van der Waals surface area (Å²) in [5, 5.41) is 9.20. The first-order valence-electron chi connectivity index (χ1n) is 5.71. The van der Waals surface area contributed by atoms with Crippen molar-refractivity contribution in [3.63, 3.8) is 0 Å². The number of halogens is 1. The summed E-state index contributed by atoms with van der Waals surface area (Å²) in [6.45, 7) is 3.18. The molecule has 5 heteroatoms. The molecule has 0 saturated carbocycles. The summed E-state index contributed by atoms with van der Waals surface area (Å²) in [5.74, 6) is -0.279. The Morgan fingerprint density at radius 1 is 1.61 bits per heavy atom. The fourth-order valence-corrected chi connectivity index (χ4v) is 2.70. The number of nitriles is 1. The van der Waals surface area contributed by atoms with Crippen molar-refractivity contribution in [2.45, 2.75) is 13.3 Å². The number of amides is 1. The number of hydrogen-bond donors (Lipinski definition) is 1. The highest BCUT2D eigenvalue weighted by atomic mass is 79.9. The lowest BCUT2D eigenvalue weighted by Gasteiger charge is -2.23. The number of anilines is 1. The molecule has 1 aromatic rings. The van der Waals surface area contributed by atoms with Crippen molar-refractivity contribution in [1.82, 2.24) is 0 Å². The van der Waals surface area contributed by atoms with Crippen LogP contribution in [-0.2, 0) is 4.79 Å². The molecule has 1 saturated heterocycles. The normalized spacial score (nSPS) is 22.8. The Balaban J connectivity index is 2.34. The van der Waals surface area contributed by atoms with Gasteiger partial charge in [-0.2, -0.15) is 5.26 Å². The van der Waals surface area contributed by atoms with Crippen LogP contribution in [0, 0.1) is 16.7 Å². The fraction of sp³-hybridized carbons (Fsp3) is 0.385. The smallest absolute Gasteiger partial charge is 0.225 e. The maximum absolute atomic E-state index is 11.4. The minimum absolute atomic E-state index is 0.279. The standard InChI is InChI=1S/C13H14BrN3O/c1-13(12(16)18)5-6-17(8-13)11-4-2-3-10(14)9(11)7-15/h2-4H,5-6,8H2,1H3,(H2,16,18). The van der Waals surface area contributed by atoms with Gasteiger partial charge in [-0.05, 0) is 41.4 Å². The van der Waals surface area contributed by atoms with E-state index in [0.29, 0.717) is 12.1 Å². The lowest BCUT2D eigenvalue weighted by atomic mass is 9.89. The molecule has 1 amide bonds. The zero-order valence-corrected chi connectivity index (χ0v) is 11.7. The van der Waals surface area contributed by atoms with Crippen molar-refractivity contribution >= 4 is 27.5 Å². The maximum atomic E-state index is 11.4. The van der Waals surface area contributed by atoms with Gasteiger partial charge in [0.1, 0.15) is 6.07 Å². The number of hydrogen-bond acceptors (Lipinski definition) is 3. The van der Waals surface area contributed by atoms with Crippen molar-refractivity contribution in [2.75, 3.05) is 18.0 Å². The van der Waals surface area contributed by atoms with Crippen LogP contribution in [0.15, 0.2) is 22.7 Å². The zero-order chi connectivity index (χ0) is 13.3. The third kappa shape index (κ3) is 2.08. The van der Waals surface area contributed by atoms with Crippen LogP contribution in [0.2, 0.25) is 0 Å². The molecule has 1 heterocycles. The van der Waals surface area contributed by atoms with E-state index in [1.807, 2.05) is 30.0 Å². The van der Waals surface area contributed by atoms with Crippen LogP contribution in [0.5, 0.6) is 0 Å². The number of rotatable bonds is 2. The van der Waals surface area contributed by atoms with Gasteiger partial charge in [0.05, 0.1) is 16.7 Å². The highest BCUT2D eigenvalue weighted by Crippen LogP contribution is 2.36. The fourth-order valence-electron chi connectivity index (χ4n) is 2.25. The summed E-state index contributed by atoms with van der Waals surface area (Å²) < 4.78 is 0.773. The van der Waals surface area contributed by atoms with E-state index < -0.39 is 5.41 Å². The van der Waals surface area contributed by atoms with E-state index in [4.69, 9.17) is 5.73 Å². The highest BCUT2D eigenvalue weighted by Gasteiger charge is 2.39. The first-order chi connectivity index (χ1) is 8.48. The lowest BCUT2D eigenvalue weighted by Crippen LogP contribution is -2.37. The molecule has 2 N–H and O–H groups in total. The SMILES string of the molecule is CC1(C(N)=O)CCN(c2cccc(Br)c2C#N)C1. The third-order valence-corrected chi connectivity index (χ3v) is 4.17.